The number of hydrogen-bond donors (Lipinski definition) is 1. The van der Waals surface area contributed by atoms with E-state index in [0.29, 0.717) is 5.92 Å². The topological polar surface area (TPSA) is 24.5 Å². The normalized spacial score (nSPS) is 21.3. The van der Waals surface area contributed by atoms with E-state index in [9.17, 15) is 0 Å². The standard InChI is InChI=1S/C20H28N2OS/c1-14-9-10-17-19(11-14)24-22(3)18-8-6-5-7-16(18)20(17)21-12-15(2)13-23-4/h5,7,9-11,15,20-21H,6,8,12-13H2,1-4H3. The lowest BCUT2D eigenvalue weighted by molar-refractivity contribution is 0.157. The molecule has 1 heterocycles. The fraction of sp³-hybridized carbons (Fsp3) is 0.500. The van der Waals surface area contributed by atoms with Crippen molar-refractivity contribution in [2.24, 2.45) is 5.92 Å². The first kappa shape index (κ1) is 17.6. The van der Waals surface area contributed by atoms with Crippen molar-refractivity contribution in [3.8, 4) is 0 Å². The number of methoxy groups -OCH3 is 1. The molecule has 0 spiro atoms. The highest BCUT2D eigenvalue weighted by molar-refractivity contribution is 7.97. The molecule has 0 amide bonds. The molecule has 24 heavy (non-hydrogen) atoms. The number of aryl methyl sites for hydroxylation is 1. The zero-order chi connectivity index (χ0) is 17.1. The Balaban J connectivity index is 1.96. The smallest absolute Gasteiger partial charge is 0.0605 e. The molecule has 3 nitrogen and oxygen atoms in total. The second-order valence-corrected chi connectivity index (χ2v) is 8.05. The number of hydrogen-bond acceptors (Lipinski definition) is 4. The van der Waals surface area contributed by atoms with Gasteiger partial charge in [-0.25, -0.2) is 0 Å². The summed E-state index contributed by atoms with van der Waals surface area (Å²) in [5.41, 5.74) is 5.58. The largest absolute Gasteiger partial charge is 0.384 e. The van der Waals surface area contributed by atoms with Crippen LogP contribution < -0.4 is 5.32 Å². The SMILES string of the molecule is COCC(C)CNC1C2=C(CCC=C2)N(C)Sc2cc(C)ccc21. The van der Waals surface area contributed by atoms with E-state index in [4.69, 9.17) is 4.74 Å². The van der Waals surface area contributed by atoms with E-state index in [1.807, 2.05) is 11.9 Å². The lowest BCUT2D eigenvalue weighted by Gasteiger charge is -2.27. The van der Waals surface area contributed by atoms with Gasteiger partial charge in [-0.15, -0.1) is 0 Å². The van der Waals surface area contributed by atoms with Crippen molar-refractivity contribution in [3.63, 3.8) is 0 Å². The molecule has 2 aliphatic rings. The van der Waals surface area contributed by atoms with Crippen LogP contribution in [0.1, 0.15) is 36.9 Å². The van der Waals surface area contributed by atoms with Crippen molar-refractivity contribution in [1.29, 1.82) is 0 Å². The number of rotatable bonds is 5. The molecule has 0 radical (unpaired) electrons. The van der Waals surface area contributed by atoms with Crippen LogP contribution in [0.5, 0.6) is 0 Å². The molecule has 0 saturated heterocycles. The van der Waals surface area contributed by atoms with Gasteiger partial charge in [-0.2, -0.15) is 0 Å². The van der Waals surface area contributed by atoms with E-state index in [0.717, 1.165) is 26.0 Å². The monoisotopic (exact) mass is 344 g/mol. The van der Waals surface area contributed by atoms with Gasteiger partial charge in [0.05, 0.1) is 6.04 Å². The fourth-order valence-corrected chi connectivity index (χ4v) is 4.62. The summed E-state index contributed by atoms with van der Waals surface area (Å²) in [5, 5.41) is 3.81. The minimum atomic E-state index is 0.254. The third-order valence-corrected chi connectivity index (χ3v) is 5.75. The predicted octanol–water partition coefficient (Wildman–Crippen LogP) is 4.46. The Morgan fingerprint density at radius 2 is 2.25 bits per heavy atom. The Hall–Kier alpha value is -1.23. The quantitative estimate of drug-likeness (QED) is 0.797. The molecule has 1 aromatic rings. The second-order valence-electron chi connectivity index (χ2n) is 6.87. The Morgan fingerprint density at radius 3 is 3.04 bits per heavy atom. The number of benzene rings is 1. The van der Waals surface area contributed by atoms with Gasteiger partial charge >= 0.3 is 0 Å². The van der Waals surface area contributed by atoms with E-state index >= 15 is 0 Å². The van der Waals surface area contributed by atoms with Crippen LogP contribution in [-0.4, -0.2) is 31.6 Å². The molecule has 1 N–H and O–H groups in total. The van der Waals surface area contributed by atoms with Crippen molar-refractivity contribution >= 4 is 11.9 Å². The molecular formula is C20H28N2OS. The van der Waals surface area contributed by atoms with Crippen molar-refractivity contribution in [2.45, 2.75) is 37.6 Å². The van der Waals surface area contributed by atoms with Gasteiger partial charge in [-0.05, 0) is 60.4 Å². The molecule has 3 rings (SSSR count). The molecule has 0 saturated carbocycles. The van der Waals surface area contributed by atoms with Crippen molar-refractivity contribution in [2.75, 3.05) is 27.3 Å². The summed E-state index contributed by atoms with van der Waals surface area (Å²) in [6.07, 6.45) is 6.88. The minimum absolute atomic E-state index is 0.254. The molecule has 0 bridgehead atoms. The van der Waals surface area contributed by atoms with Crippen molar-refractivity contribution < 1.29 is 4.74 Å². The number of fused-ring (bicyclic) bond motifs is 1. The van der Waals surface area contributed by atoms with E-state index in [1.165, 1.54) is 27.3 Å². The maximum absolute atomic E-state index is 5.30. The van der Waals surface area contributed by atoms with Crippen molar-refractivity contribution in [3.05, 3.63) is 52.7 Å². The molecule has 130 valence electrons. The van der Waals surface area contributed by atoms with Crippen LogP contribution in [0.2, 0.25) is 0 Å². The number of nitrogens with zero attached hydrogens (tertiary/aromatic N) is 1. The zero-order valence-corrected chi connectivity index (χ0v) is 16.0. The Morgan fingerprint density at radius 1 is 1.42 bits per heavy atom. The summed E-state index contributed by atoms with van der Waals surface area (Å²) in [7, 11) is 3.97. The van der Waals surface area contributed by atoms with Gasteiger partial charge in [0.2, 0.25) is 0 Å². The van der Waals surface area contributed by atoms with E-state index in [-0.39, 0.29) is 6.04 Å². The van der Waals surface area contributed by atoms with Gasteiger partial charge in [0.1, 0.15) is 0 Å². The van der Waals surface area contributed by atoms with Gasteiger partial charge < -0.3 is 14.4 Å². The highest BCUT2D eigenvalue weighted by Crippen LogP contribution is 2.43. The first-order valence-corrected chi connectivity index (χ1v) is 9.51. The third-order valence-electron chi connectivity index (χ3n) is 4.71. The Labute approximate surface area is 150 Å². The second kappa shape index (κ2) is 7.77. The highest BCUT2D eigenvalue weighted by Gasteiger charge is 2.28. The van der Waals surface area contributed by atoms with Gasteiger partial charge in [-0.3, -0.25) is 0 Å². The summed E-state index contributed by atoms with van der Waals surface area (Å²) in [6, 6.07) is 7.09. The summed E-state index contributed by atoms with van der Waals surface area (Å²) in [5.74, 6) is 0.495. The van der Waals surface area contributed by atoms with Gasteiger partial charge in [0, 0.05) is 37.9 Å². The third kappa shape index (κ3) is 3.71. The molecule has 1 aliphatic heterocycles. The molecular weight excluding hydrogens is 316 g/mol. The summed E-state index contributed by atoms with van der Waals surface area (Å²) in [6.45, 7) is 6.14. The molecule has 2 atom stereocenters. The molecule has 0 fully saturated rings. The number of nitrogens with one attached hydrogen (secondary N) is 1. The lowest BCUT2D eigenvalue weighted by atomic mass is 9.91. The molecule has 1 aromatic carbocycles. The number of allylic oxidation sites excluding steroid dienone is 2. The van der Waals surface area contributed by atoms with E-state index in [2.05, 4.69) is 60.9 Å². The van der Waals surface area contributed by atoms with E-state index in [1.54, 1.807) is 7.11 Å². The van der Waals surface area contributed by atoms with Crippen LogP contribution >= 0.6 is 11.9 Å². The first-order valence-electron chi connectivity index (χ1n) is 8.74. The van der Waals surface area contributed by atoms with Gasteiger partial charge in [-0.1, -0.05) is 31.2 Å². The lowest BCUT2D eigenvalue weighted by Crippen LogP contribution is -2.30. The summed E-state index contributed by atoms with van der Waals surface area (Å²) >= 11 is 1.86. The molecule has 1 aliphatic carbocycles. The predicted molar refractivity (Wildman–Crippen MR) is 102 cm³/mol. The highest BCUT2D eigenvalue weighted by atomic mass is 32.2. The van der Waals surface area contributed by atoms with Crippen LogP contribution in [0.4, 0.5) is 0 Å². The van der Waals surface area contributed by atoms with Crippen LogP contribution in [-0.2, 0) is 4.74 Å². The van der Waals surface area contributed by atoms with Crippen LogP contribution in [0.15, 0.2) is 46.5 Å². The maximum Gasteiger partial charge on any atom is 0.0605 e. The Bertz CT molecular complexity index is 653. The zero-order valence-electron chi connectivity index (χ0n) is 15.1. The fourth-order valence-electron chi connectivity index (χ4n) is 3.48. The first-order chi connectivity index (χ1) is 11.6. The maximum atomic E-state index is 5.30. The summed E-state index contributed by atoms with van der Waals surface area (Å²) in [4.78, 5) is 1.36. The number of ether oxygens (including phenoxy) is 1. The van der Waals surface area contributed by atoms with Crippen LogP contribution in [0.3, 0.4) is 0 Å². The van der Waals surface area contributed by atoms with Gasteiger partial charge in [0.25, 0.3) is 0 Å². The molecule has 2 unspecified atom stereocenters. The Kier molecular flexibility index (Phi) is 5.69. The minimum Gasteiger partial charge on any atom is -0.384 e. The van der Waals surface area contributed by atoms with E-state index < -0.39 is 0 Å². The van der Waals surface area contributed by atoms with Crippen molar-refractivity contribution in [1.82, 2.24) is 9.62 Å². The average Bonchev–Trinajstić information content (AvgIpc) is 2.67. The van der Waals surface area contributed by atoms with Crippen LogP contribution in [0, 0.1) is 12.8 Å². The summed E-state index contributed by atoms with van der Waals surface area (Å²) < 4.78 is 7.66. The average molecular weight is 345 g/mol. The molecule has 4 heteroatoms. The van der Waals surface area contributed by atoms with Crippen LogP contribution in [0.25, 0.3) is 0 Å². The molecule has 0 aromatic heterocycles. The van der Waals surface area contributed by atoms with Gasteiger partial charge in [0.15, 0.2) is 0 Å².